The Morgan fingerprint density at radius 3 is 2.46 bits per heavy atom. The molecule has 126 valence electrons. The van der Waals surface area contributed by atoms with Crippen LogP contribution in [-0.2, 0) is 6.54 Å². The zero-order valence-corrected chi connectivity index (χ0v) is 13.1. The van der Waals surface area contributed by atoms with Crippen LogP contribution in [0.1, 0.15) is 22.5 Å². The fourth-order valence-electron chi connectivity index (χ4n) is 1.97. The summed E-state index contributed by atoms with van der Waals surface area (Å²) >= 11 is 0. The SMILES string of the molecule is O=C(NCCCNC(=O)c1ccccc1F)NCc1ccccn1. The molecule has 0 fully saturated rings. The van der Waals surface area contributed by atoms with Crippen molar-refractivity contribution in [3.63, 3.8) is 0 Å². The number of urea groups is 1. The molecule has 0 saturated heterocycles. The van der Waals surface area contributed by atoms with Crippen LogP contribution in [0, 0.1) is 5.82 Å². The quantitative estimate of drug-likeness (QED) is 0.678. The molecule has 0 spiro atoms. The highest BCUT2D eigenvalue weighted by Gasteiger charge is 2.09. The predicted octanol–water partition coefficient (Wildman–Crippen LogP) is 1.84. The number of benzene rings is 1. The maximum absolute atomic E-state index is 13.4. The number of aromatic nitrogens is 1. The summed E-state index contributed by atoms with van der Waals surface area (Å²) in [6.45, 7) is 1.08. The minimum Gasteiger partial charge on any atom is -0.352 e. The second-order valence-electron chi connectivity index (χ2n) is 5.02. The lowest BCUT2D eigenvalue weighted by Gasteiger charge is -2.08. The number of hydrogen-bond acceptors (Lipinski definition) is 3. The van der Waals surface area contributed by atoms with E-state index in [9.17, 15) is 14.0 Å². The van der Waals surface area contributed by atoms with Gasteiger partial charge in [-0.1, -0.05) is 18.2 Å². The number of carbonyl (C=O) groups excluding carboxylic acids is 2. The molecule has 0 aliphatic carbocycles. The predicted molar refractivity (Wildman–Crippen MR) is 87.8 cm³/mol. The average molecular weight is 330 g/mol. The first kappa shape index (κ1) is 17.4. The molecule has 1 aromatic heterocycles. The third-order valence-electron chi connectivity index (χ3n) is 3.20. The highest BCUT2D eigenvalue weighted by molar-refractivity contribution is 5.94. The Labute approximate surface area is 139 Å². The first-order chi connectivity index (χ1) is 11.7. The molecule has 1 heterocycles. The molecule has 0 aliphatic rings. The van der Waals surface area contributed by atoms with E-state index in [0.717, 1.165) is 5.69 Å². The number of carbonyl (C=O) groups is 2. The van der Waals surface area contributed by atoms with Crippen LogP contribution in [-0.4, -0.2) is 30.0 Å². The molecule has 7 heteroatoms. The second kappa shape index (κ2) is 9.24. The minimum absolute atomic E-state index is 0.0126. The van der Waals surface area contributed by atoms with Crippen LogP contribution in [0.2, 0.25) is 0 Å². The number of nitrogens with one attached hydrogen (secondary N) is 3. The van der Waals surface area contributed by atoms with Crippen LogP contribution in [0.4, 0.5) is 9.18 Å². The first-order valence-corrected chi connectivity index (χ1v) is 7.61. The van der Waals surface area contributed by atoms with Gasteiger partial charge in [-0.25, -0.2) is 9.18 Å². The van der Waals surface area contributed by atoms with Crippen molar-refractivity contribution in [2.24, 2.45) is 0 Å². The molecule has 0 saturated carbocycles. The fourth-order valence-corrected chi connectivity index (χ4v) is 1.97. The van der Waals surface area contributed by atoms with Gasteiger partial charge in [-0.3, -0.25) is 9.78 Å². The molecule has 2 rings (SSSR count). The van der Waals surface area contributed by atoms with Crippen LogP contribution in [0.5, 0.6) is 0 Å². The van der Waals surface area contributed by atoms with E-state index < -0.39 is 11.7 Å². The van der Waals surface area contributed by atoms with E-state index in [-0.39, 0.29) is 11.6 Å². The highest BCUT2D eigenvalue weighted by atomic mass is 19.1. The average Bonchev–Trinajstić information content (AvgIpc) is 2.61. The van der Waals surface area contributed by atoms with Gasteiger partial charge in [-0.05, 0) is 30.7 Å². The van der Waals surface area contributed by atoms with Gasteiger partial charge in [0.1, 0.15) is 5.82 Å². The molecule has 0 radical (unpaired) electrons. The first-order valence-electron chi connectivity index (χ1n) is 7.61. The van der Waals surface area contributed by atoms with E-state index in [4.69, 9.17) is 0 Å². The van der Waals surface area contributed by atoms with Gasteiger partial charge in [0.05, 0.1) is 17.8 Å². The number of halogens is 1. The van der Waals surface area contributed by atoms with Crippen molar-refractivity contribution in [2.75, 3.05) is 13.1 Å². The van der Waals surface area contributed by atoms with Crippen molar-refractivity contribution in [2.45, 2.75) is 13.0 Å². The second-order valence-corrected chi connectivity index (χ2v) is 5.02. The van der Waals surface area contributed by atoms with Gasteiger partial charge in [0.15, 0.2) is 0 Å². The number of rotatable bonds is 7. The van der Waals surface area contributed by atoms with E-state index in [1.807, 2.05) is 12.1 Å². The number of nitrogens with zero attached hydrogens (tertiary/aromatic N) is 1. The summed E-state index contributed by atoms with van der Waals surface area (Å²) in [6.07, 6.45) is 2.20. The van der Waals surface area contributed by atoms with Crippen molar-refractivity contribution in [1.82, 2.24) is 20.9 Å². The third kappa shape index (κ3) is 5.68. The van der Waals surface area contributed by atoms with Gasteiger partial charge >= 0.3 is 6.03 Å². The summed E-state index contributed by atoms with van der Waals surface area (Å²) in [5.74, 6) is -1.02. The zero-order valence-electron chi connectivity index (χ0n) is 13.1. The van der Waals surface area contributed by atoms with Crippen LogP contribution < -0.4 is 16.0 Å². The fraction of sp³-hybridized carbons (Fsp3) is 0.235. The van der Waals surface area contributed by atoms with Crippen molar-refractivity contribution in [3.8, 4) is 0 Å². The Morgan fingerprint density at radius 2 is 1.71 bits per heavy atom. The van der Waals surface area contributed by atoms with Crippen molar-refractivity contribution in [1.29, 1.82) is 0 Å². The molecule has 0 unspecified atom stereocenters. The Balaban J connectivity index is 1.58. The number of pyridine rings is 1. The monoisotopic (exact) mass is 330 g/mol. The van der Waals surface area contributed by atoms with E-state index in [2.05, 4.69) is 20.9 Å². The standard InChI is InChI=1S/C17H19FN4O2/c18-15-8-2-1-7-14(15)16(23)20-10-5-11-21-17(24)22-12-13-6-3-4-9-19-13/h1-4,6-9H,5,10-12H2,(H,20,23)(H2,21,22,24). The van der Waals surface area contributed by atoms with Crippen LogP contribution in [0.25, 0.3) is 0 Å². The summed E-state index contributed by atoms with van der Waals surface area (Å²) < 4.78 is 13.4. The number of hydrogen-bond donors (Lipinski definition) is 3. The zero-order chi connectivity index (χ0) is 17.2. The Morgan fingerprint density at radius 1 is 0.958 bits per heavy atom. The van der Waals surface area contributed by atoms with Gasteiger partial charge in [-0.15, -0.1) is 0 Å². The normalized spacial score (nSPS) is 10.0. The van der Waals surface area contributed by atoms with E-state index >= 15 is 0 Å². The van der Waals surface area contributed by atoms with Crippen LogP contribution in [0.15, 0.2) is 48.7 Å². The minimum atomic E-state index is -0.554. The largest absolute Gasteiger partial charge is 0.352 e. The Hall–Kier alpha value is -2.96. The van der Waals surface area contributed by atoms with Gasteiger partial charge in [-0.2, -0.15) is 0 Å². The molecule has 2 aromatic rings. The van der Waals surface area contributed by atoms with Gasteiger partial charge in [0.25, 0.3) is 5.91 Å². The molecule has 24 heavy (non-hydrogen) atoms. The molecule has 1 aromatic carbocycles. The summed E-state index contributed by atoms with van der Waals surface area (Å²) in [7, 11) is 0. The van der Waals surface area contributed by atoms with Gasteiger partial charge < -0.3 is 16.0 Å². The van der Waals surface area contributed by atoms with Gasteiger partial charge in [0.2, 0.25) is 0 Å². The molecule has 3 N–H and O–H groups in total. The smallest absolute Gasteiger partial charge is 0.315 e. The molecule has 0 bridgehead atoms. The summed E-state index contributed by atoms with van der Waals surface area (Å²) in [6, 6.07) is 11.0. The van der Waals surface area contributed by atoms with E-state index in [1.165, 1.54) is 18.2 Å². The summed E-state index contributed by atoms with van der Waals surface area (Å²) in [5, 5.41) is 7.97. The Bertz CT molecular complexity index is 679. The molecule has 0 aliphatic heterocycles. The van der Waals surface area contributed by atoms with Crippen LogP contribution in [0.3, 0.4) is 0 Å². The summed E-state index contributed by atoms with van der Waals surface area (Å²) in [5.41, 5.74) is 0.781. The maximum Gasteiger partial charge on any atom is 0.315 e. The molecular weight excluding hydrogens is 311 g/mol. The van der Waals surface area contributed by atoms with Crippen molar-refractivity contribution in [3.05, 3.63) is 65.7 Å². The topological polar surface area (TPSA) is 83.1 Å². The third-order valence-corrected chi connectivity index (χ3v) is 3.20. The highest BCUT2D eigenvalue weighted by Crippen LogP contribution is 2.05. The maximum atomic E-state index is 13.4. The molecule has 0 atom stereocenters. The van der Waals surface area contributed by atoms with E-state index in [1.54, 1.807) is 18.3 Å². The lowest BCUT2D eigenvalue weighted by atomic mass is 10.2. The van der Waals surface area contributed by atoms with Crippen LogP contribution >= 0.6 is 0 Å². The van der Waals surface area contributed by atoms with Crippen molar-refractivity contribution < 1.29 is 14.0 Å². The van der Waals surface area contributed by atoms with Gasteiger partial charge in [0, 0.05) is 19.3 Å². The molecule has 3 amide bonds. The molecule has 6 nitrogen and oxygen atoms in total. The summed E-state index contributed by atoms with van der Waals surface area (Å²) in [4.78, 5) is 27.5. The molecular formula is C17H19FN4O2. The lowest BCUT2D eigenvalue weighted by molar-refractivity contribution is 0.0949. The Kier molecular flexibility index (Phi) is 6.70. The number of amides is 3. The lowest BCUT2D eigenvalue weighted by Crippen LogP contribution is -2.37. The van der Waals surface area contributed by atoms with Crippen molar-refractivity contribution >= 4 is 11.9 Å². The van der Waals surface area contributed by atoms with E-state index in [0.29, 0.717) is 26.1 Å².